The molecule has 0 amide bonds. The van der Waals surface area contributed by atoms with E-state index in [0.29, 0.717) is 12.2 Å². The minimum Gasteiger partial charge on any atom is -0.287 e. The first-order chi connectivity index (χ1) is 8.89. The molecular weight excluding hydrogens is 309 g/mol. The van der Waals surface area contributed by atoms with E-state index in [4.69, 9.17) is 34.8 Å². The summed E-state index contributed by atoms with van der Waals surface area (Å²) in [4.78, 5) is 11.8. The van der Waals surface area contributed by atoms with Crippen molar-refractivity contribution in [2.24, 2.45) is 0 Å². The first-order valence-corrected chi connectivity index (χ1v) is 6.58. The predicted molar refractivity (Wildman–Crippen MR) is 74.9 cm³/mol. The number of carbonyl (C=O) groups excluding carboxylic acids is 1. The minimum atomic E-state index is -2.02. The molecule has 1 aromatic heterocycles. The fraction of sp³-hybridized carbons (Fsp3) is 0.250. The van der Waals surface area contributed by atoms with Gasteiger partial charge >= 0.3 is 0 Å². The van der Waals surface area contributed by atoms with Gasteiger partial charge in [-0.15, -0.1) is 5.10 Å². The molecule has 0 saturated heterocycles. The van der Waals surface area contributed by atoms with Gasteiger partial charge in [0.2, 0.25) is 5.78 Å². The van der Waals surface area contributed by atoms with Gasteiger partial charge in [0.15, 0.2) is 5.69 Å². The number of nitrogens with zero attached hydrogens (tertiary/aromatic N) is 3. The summed E-state index contributed by atoms with van der Waals surface area (Å²) in [5.74, 6) is -0.672. The average molecular weight is 319 g/mol. The van der Waals surface area contributed by atoms with Crippen molar-refractivity contribution in [3.63, 3.8) is 0 Å². The minimum absolute atomic E-state index is 0.0796. The summed E-state index contributed by atoms with van der Waals surface area (Å²) in [6, 6.07) is 9.69. The number of Topliss-reactive ketones (excluding diaryl/α,β-unsaturated/α-hetero) is 1. The van der Waals surface area contributed by atoms with Gasteiger partial charge in [0.1, 0.15) is 0 Å². The molecule has 0 spiro atoms. The number of benzene rings is 1. The van der Waals surface area contributed by atoms with Crippen molar-refractivity contribution >= 4 is 40.6 Å². The molecule has 1 aromatic carbocycles. The van der Waals surface area contributed by atoms with Crippen molar-refractivity contribution in [2.75, 3.05) is 0 Å². The summed E-state index contributed by atoms with van der Waals surface area (Å²) in [5.41, 5.74) is 1.69. The van der Waals surface area contributed by atoms with Gasteiger partial charge in [-0.1, -0.05) is 70.3 Å². The average Bonchev–Trinajstić information content (AvgIpc) is 2.70. The van der Waals surface area contributed by atoms with Crippen LogP contribution in [0.4, 0.5) is 0 Å². The molecule has 0 aliphatic carbocycles. The van der Waals surface area contributed by atoms with Gasteiger partial charge in [-0.2, -0.15) is 0 Å². The van der Waals surface area contributed by atoms with E-state index in [1.165, 1.54) is 0 Å². The molecule has 0 atom stereocenters. The Hall–Kier alpha value is -1.10. The molecule has 1 heterocycles. The molecule has 0 N–H and O–H groups in total. The smallest absolute Gasteiger partial charge is 0.255 e. The third-order valence-electron chi connectivity index (χ3n) is 2.63. The van der Waals surface area contributed by atoms with Crippen LogP contribution in [0.1, 0.15) is 21.7 Å². The largest absolute Gasteiger partial charge is 0.287 e. The number of alkyl halides is 3. The molecule has 0 saturated carbocycles. The van der Waals surface area contributed by atoms with E-state index < -0.39 is 9.58 Å². The molecule has 100 valence electrons. The van der Waals surface area contributed by atoms with Gasteiger partial charge in [0, 0.05) is 0 Å². The molecular formula is C12H10Cl3N3O. The Labute approximate surface area is 125 Å². The van der Waals surface area contributed by atoms with Crippen molar-refractivity contribution in [2.45, 2.75) is 17.3 Å². The number of aromatic nitrogens is 3. The second kappa shape index (κ2) is 5.49. The van der Waals surface area contributed by atoms with Crippen LogP contribution < -0.4 is 0 Å². The van der Waals surface area contributed by atoms with Gasteiger partial charge in [0.25, 0.3) is 3.79 Å². The van der Waals surface area contributed by atoms with E-state index in [9.17, 15) is 4.79 Å². The van der Waals surface area contributed by atoms with Crippen LogP contribution in [0, 0.1) is 6.92 Å². The van der Waals surface area contributed by atoms with Gasteiger partial charge in [-0.05, 0) is 12.5 Å². The van der Waals surface area contributed by atoms with Crippen LogP contribution in [0.2, 0.25) is 0 Å². The maximum atomic E-state index is 11.8. The van der Waals surface area contributed by atoms with Crippen LogP contribution in [-0.2, 0) is 6.54 Å². The first-order valence-electron chi connectivity index (χ1n) is 5.45. The molecule has 2 rings (SSSR count). The molecule has 0 unspecified atom stereocenters. The Morgan fingerprint density at radius 2 is 1.89 bits per heavy atom. The lowest BCUT2D eigenvalue weighted by atomic mass is 10.2. The molecule has 7 heteroatoms. The predicted octanol–water partition coefficient (Wildman–Crippen LogP) is 3.19. The summed E-state index contributed by atoms with van der Waals surface area (Å²) in [6.07, 6.45) is 0. The molecule has 0 aliphatic heterocycles. The Balaban J connectivity index is 2.27. The van der Waals surface area contributed by atoms with Gasteiger partial charge in [-0.3, -0.25) is 4.79 Å². The van der Waals surface area contributed by atoms with Crippen molar-refractivity contribution in [3.8, 4) is 0 Å². The molecule has 19 heavy (non-hydrogen) atoms. The number of hydrogen-bond donors (Lipinski definition) is 0. The zero-order chi connectivity index (χ0) is 14.0. The van der Waals surface area contributed by atoms with E-state index in [-0.39, 0.29) is 5.69 Å². The summed E-state index contributed by atoms with van der Waals surface area (Å²) in [7, 11) is 0. The van der Waals surface area contributed by atoms with Crippen LogP contribution >= 0.6 is 34.8 Å². The topological polar surface area (TPSA) is 47.8 Å². The van der Waals surface area contributed by atoms with E-state index in [2.05, 4.69) is 10.3 Å². The standard InChI is InChI=1S/C12H10Cl3N3O/c1-8-10(11(19)12(13,14)15)16-17-18(8)7-9-5-3-2-4-6-9/h2-6H,7H2,1H3. The van der Waals surface area contributed by atoms with Crippen LogP contribution in [0.25, 0.3) is 0 Å². The van der Waals surface area contributed by atoms with Crippen LogP contribution in [0.3, 0.4) is 0 Å². The van der Waals surface area contributed by atoms with Crippen molar-refractivity contribution in [1.82, 2.24) is 15.0 Å². The van der Waals surface area contributed by atoms with E-state index in [1.807, 2.05) is 30.3 Å². The maximum Gasteiger partial charge on any atom is 0.255 e. The van der Waals surface area contributed by atoms with Crippen molar-refractivity contribution < 1.29 is 4.79 Å². The Morgan fingerprint density at radius 1 is 1.26 bits per heavy atom. The van der Waals surface area contributed by atoms with Crippen LogP contribution in [0.5, 0.6) is 0 Å². The lowest BCUT2D eigenvalue weighted by molar-refractivity contribution is 0.0991. The molecule has 0 radical (unpaired) electrons. The molecule has 4 nitrogen and oxygen atoms in total. The fourth-order valence-corrected chi connectivity index (χ4v) is 1.88. The third-order valence-corrected chi connectivity index (χ3v) is 3.15. The number of carbonyl (C=O) groups is 1. The summed E-state index contributed by atoms with van der Waals surface area (Å²) >= 11 is 16.7. The highest BCUT2D eigenvalue weighted by atomic mass is 35.6. The quantitative estimate of drug-likeness (QED) is 0.645. The van der Waals surface area contributed by atoms with Crippen LogP contribution in [-0.4, -0.2) is 24.6 Å². The Bertz CT molecular complexity index is 590. The zero-order valence-electron chi connectivity index (χ0n) is 9.98. The van der Waals surface area contributed by atoms with Crippen molar-refractivity contribution in [1.29, 1.82) is 0 Å². The third kappa shape index (κ3) is 3.26. The highest BCUT2D eigenvalue weighted by Crippen LogP contribution is 2.30. The second-order valence-corrected chi connectivity index (χ2v) is 6.27. The number of ketones is 1. The normalized spacial score (nSPS) is 11.6. The number of halogens is 3. The molecule has 2 aromatic rings. The second-order valence-electron chi connectivity index (χ2n) is 3.99. The highest BCUT2D eigenvalue weighted by molar-refractivity contribution is 6.77. The Morgan fingerprint density at radius 3 is 2.47 bits per heavy atom. The van der Waals surface area contributed by atoms with Crippen molar-refractivity contribution in [3.05, 3.63) is 47.3 Å². The highest BCUT2D eigenvalue weighted by Gasteiger charge is 2.35. The zero-order valence-corrected chi connectivity index (χ0v) is 12.2. The van der Waals surface area contributed by atoms with E-state index >= 15 is 0 Å². The summed E-state index contributed by atoms with van der Waals surface area (Å²) < 4.78 is -0.419. The van der Waals surface area contributed by atoms with Gasteiger partial charge in [-0.25, -0.2) is 4.68 Å². The summed E-state index contributed by atoms with van der Waals surface area (Å²) in [6.45, 7) is 2.22. The first kappa shape index (κ1) is 14.3. The maximum absolute atomic E-state index is 11.8. The van der Waals surface area contributed by atoms with E-state index in [1.54, 1.807) is 11.6 Å². The Kier molecular flexibility index (Phi) is 4.13. The van der Waals surface area contributed by atoms with Crippen LogP contribution in [0.15, 0.2) is 30.3 Å². The van der Waals surface area contributed by atoms with Gasteiger partial charge in [0.05, 0.1) is 12.2 Å². The number of rotatable bonds is 3. The lowest BCUT2D eigenvalue weighted by Gasteiger charge is -2.07. The fourth-order valence-electron chi connectivity index (χ4n) is 1.61. The van der Waals surface area contributed by atoms with Gasteiger partial charge < -0.3 is 0 Å². The molecule has 0 bridgehead atoms. The lowest BCUT2D eigenvalue weighted by Crippen LogP contribution is -2.20. The number of hydrogen-bond acceptors (Lipinski definition) is 3. The SMILES string of the molecule is Cc1c(C(=O)C(Cl)(Cl)Cl)nnn1Cc1ccccc1. The molecule has 0 aliphatic rings. The monoisotopic (exact) mass is 317 g/mol. The molecule has 0 fully saturated rings. The summed E-state index contributed by atoms with van der Waals surface area (Å²) in [5, 5.41) is 7.70. The van der Waals surface area contributed by atoms with E-state index in [0.717, 1.165) is 5.56 Å².